The third kappa shape index (κ3) is 1.79. The molecule has 0 aliphatic carbocycles. The van der Waals surface area contributed by atoms with Crippen LogP contribution in [-0.2, 0) is 15.4 Å². The number of fused-ring (bicyclic) bond motifs is 2. The molecule has 0 saturated carbocycles. The number of methoxy groups -OCH3 is 1. The summed E-state index contributed by atoms with van der Waals surface area (Å²) in [5.74, 6) is -0.850. The van der Waals surface area contributed by atoms with Crippen LogP contribution in [0, 0.1) is 0 Å². The van der Waals surface area contributed by atoms with Gasteiger partial charge in [-0.3, -0.25) is 5.48 Å². The molecule has 0 bridgehead atoms. The number of hydroxylamine groups is 1. The van der Waals surface area contributed by atoms with E-state index >= 15 is 0 Å². The molecular formula is C17H13NO4. The van der Waals surface area contributed by atoms with E-state index in [1.807, 2.05) is 36.4 Å². The first-order valence-corrected chi connectivity index (χ1v) is 6.86. The molecule has 1 N–H and O–H groups in total. The van der Waals surface area contributed by atoms with Gasteiger partial charge in [-0.15, -0.1) is 0 Å². The molecule has 0 saturated heterocycles. The van der Waals surface area contributed by atoms with E-state index in [-0.39, 0.29) is 5.97 Å². The number of ether oxygens (including phenoxy) is 2. The minimum Gasteiger partial charge on any atom is -0.497 e. The molecule has 0 fully saturated rings. The Hall–Kier alpha value is -2.79. The maximum atomic E-state index is 12.0. The van der Waals surface area contributed by atoms with Crippen LogP contribution in [0.15, 0.2) is 54.6 Å². The SMILES string of the molecule is COc1cccc(C2=CC3(ON2)OC(=O)c2ccccc23)c1. The van der Waals surface area contributed by atoms with Gasteiger partial charge in [-0.2, -0.15) is 0 Å². The summed E-state index contributed by atoms with van der Waals surface area (Å²) in [5.41, 5.74) is 5.68. The highest BCUT2D eigenvalue weighted by Gasteiger charge is 2.49. The van der Waals surface area contributed by atoms with E-state index in [0.717, 1.165) is 17.0 Å². The zero-order valence-electron chi connectivity index (χ0n) is 11.8. The first-order valence-electron chi connectivity index (χ1n) is 6.86. The fraction of sp³-hybridized carbons (Fsp3) is 0.118. The molecule has 4 rings (SSSR count). The van der Waals surface area contributed by atoms with Gasteiger partial charge in [-0.05, 0) is 18.2 Å². The Kier molecular flexibility index (Phi) is 2.71. The Balaban J connectivity index is 1.78. The quantitative estimate of drug-likeness (QED) is 0.863. The molecule has 22 heavy (non-hydrogen) atoms. The fourth-order valence-corrected chi connectivity index (χ4v) is 2.71. The second-order valence-corrected chi connectivity index (χ2v) is 5.10. The van der Waals surface area contributed by atoms with Crippen LogP contribution in [0.1, 0.15) is 21.5 Å². The number of carbonyl (C=O) groups is 1. The van der Waals surface area contributed by atoms with Gasteiger partial charge in [0.15, 0.2) is 0 Å². The molecule has 1 atom stereocenters. The fourth-order valence-electron chi connectivity index (χ4n) is 2.71. The van der Waals surface area contributed by atoms with Gasteiger partial charge in [0.05, 0.1) is 18.4 Å². The first-order chi connectivity index (χ1) is 10.7. The van der Waals surface area contributed by atoms with Crippen LogP contribution in [0.25, 0.3) is 5.70 Å². The first kappa shape index (κ1) is 12.9. The average molecular weight is 295 g/mol. The van der Waals surface area contributed by atoms with Crippen LogP contribution in [0.3, 0.4) is 0 Å². The van der Waals surface area contributed by atoms with Crippen molar-refractivity contribution in [1.82, 2.24) is 5.48 Å². The lowest BCUT2D eigenvalue weighted by Crippen LogP contribution is -2.26. The second kappa shape index (κ2) is 4.61. The second-order valence-electron chi connectivity index (χ2n) is 5.10. The topological polar surface area (TPSA) is 56.8 Å². The molecule has 0 radical (unpaired) electrons. The summed E-state index contributed by atoms with van der Waals surface area (Å²) < 4.78 is 10.7. The van der Waals surface area contributed by atoms with Crippen LogP contribution < -0.4 is 10.2 Å². The standard InChI is InChI=1S/C17H13NO4/c1-20-12-6-4-5-11(9-12)15-10-17(22-18-15)14-8-3-2-7-13(14)16(19)21-17/h2-10,18H,1H3. The Bertz CT molecular complexity index is 799. The molecule has 2 aromatic carbocycles. The van der Waals surface area contributed by atoms with Crippen LogP contribution >= 0.6 is 0 Å². The van der Waals surface area contributed by atoms with Gasteiger partial charge in [0, 0.05) is 17.2 Å². The summed E-state index contributed by atoms with van der Waals surface area (Å²) in [6, 6.07) is 14.8. The summed E-state index contributed by atoms with van der Waals surface area (Å²) in [6.45, 7) is 0. The van der Waals surface area contributed by atoms with Crippen molar-refractivity contribution < 1.29 is 19.1 Å². The normalized spacial score (nSPS) is 22.0. The van der Waals surface area contributed by atoms with Gasteiger partial charge in [-0.1, -0.05) is 30.3 Å². The number of nitrogens with one attached hydrogen (secondary N) is 1. The van der Waals surface area contributed by atoms with Gasteiger partial charge in [0.2, 0.25) is 0 Å². The van der Waals surface area contributed by atoms with Crippen molar-refractivity contribution >= 4 is 11.7 Å². The van der Waals surface area contributed by atoms with Crippen molar-refractivity contribution in [3.63, 3.8) is 0 Å². The predicted molar refractivity (Wildman–Crippen MR) is 78.7 cm³/mol. The van der Waals surface area contributed by atoms with Gasteiger partial charge in [0.1, 0.15) is 5.75 Å². The van der Waals surface area contributed by atoms with Gasteiger partial charge in [-0.25, -0.2) is 9.63 Å². The van der Waals surface area contributed by atoms with Crippen LogP contribution in [0.5, 0.6) is 5.75 Å². The van der Waals surface area contributed by atoms with Crippen molar-refractivity contribution in [2.75, 3.05) is 7.11 Å². The largest absolute Gasteiger partial charge is 0.497 e. The Morgan fingerprint density at radius 2 is 2.00 bits per heavy atom. The lowest BCUT2D eigenvalue weighted by atomic mass is 10.0. The van der Waals surface area contributed by atoms with E-state index in [0.29, 0.717) is 11.1 Å². The predicted octanol–water partition coefficient (Wildman–Crippen LogP) is 2.59. The van der Waals surface area contributed by atoms with E-state index in [2.05, 4.69) is 5.48 Å². The molecule has 5 nitrogen and oxygen atoms in total. The number of hydrogen-bond donors (Lipinski definition) is 1. The van der Waals surface area contributed by atoms with E-state index in [4.69, 9.17) is 14.3 Å². The lowest BCUT2D eigenvalue weighted by Gasteiger charge is -2.18. The van der Waals surface area contributed by atoms with Crippen molar-refractivity contribution in [2.24, 2.45) is 0 Å². The molecule has 2 aliphatic rings. The maximum absolute atomic E-state index is 12.0. The Morgan fingerprint density at radius 1 is 1.14 bits per heavy atom. The van der Waals surface area contributed by atoms with Crippen molar-refractivity contribution in [3.05, 3.63) is 71.3 Å². The summed E-state index contributed by atoms with van der Waals surface area (Å²) in [4.78, 5) is 17.6. The number of esters is 1. The highest BCUT2D eigenvalue weighted by Crippen LogP contribution is 2.42. The summed E-state index contributed by atoms with van der Waals surface area (Å²) in [7, 11) is 1.61. The van der Waals surface area contributed by atoms with E-state index in [9.17, 15) is 4.79 Å². The molecule has 2 aromatic rings. The zero-order chi connectivity index (χ0) is 15.2. The average Bonchev–Trinajstić information content (AvgIpc) is 3.11. The molecule has 2 aliphatic heterocycles. The number of benzene rings is 2. The zero-order valence-corrected chi connectivity index (χ0v) is 11.8. The number of carbonyl (C=O) groups excluding carboxylic acids is 1. The Labute approximate surface area is 127 Å². The van der Waals surface area contributed by atoms with Gasteiger partial charge < -0.3 is 9.47 Å². The van der Waals surface area contributed by atoms with Crippen LogP contribution in [0.2, 0.25) is 0 Å². The molecule has 5 heteroatoms. The van der Waals surface area contributed by atoms with Crippen molar-refractivity contribution in [1.29, 1.82) is 0 Å². The Morgan fingerprint density at radius 3 is 2.86 bits per heavy atom. The van der Waals surface area contributed by atoms with Gasteiger partial charge in [0.25, 0.3) is 5.79 Å². The van der Waals surface area contributed by atoms with E-state index < -0.39 is 5.79 Å². The smallest absolute Gasteiger partial charge is 0.341 e. The molecule has 0 aromatic heterocycles. The molecule has 110 valence electrons. The molecule has 2 heterocycles. The maximum Gasteiger partial charge on any atom is 0.341 e. The van der Waals surface area contributed by atoms with Gasteiger partial charge >= 0.3 is 5.97 Å². The molecular weight excluding hydrogens is 282 g/mol. The lowest BCUT2D eigenvalue weighted by molar-refractivity contribution is -0.181. The van der Waals surface area contributed by atoms with E-state index in [1.165, 1.54) is 0 Å². The minimum absolute atomic E-state index is 0.388. The third-order valence-electron chi connectivity index (χ3n) is 3.79. The summed E-state index contributed by atoms with van der Waals surface area (Å²) >= 11 is 0. The van der Waals surface area contributed by atoms with Crippen LogP contribution in [-0.4, -0.2) is 13.1 Å². The minimum atomic E-state index is -1.20. The highest BCUT2D eigenvalue weighted by molar-refractivity contribution is 5.95. The summed E-state index contributed by atoms with van der Waals surface area (Å²) in [5, 5.41) is 0. The number of rotatable bonds is 2. The van der Waals surface area contributed by atoms with Crippen LogP contribution in [0.4, 0.5) is 0 Å². The molecule has 1 unspecified atom stereocenters. The van der Waals surface area contributed by atoms with Crippen molar-refractivity contribution in [2.45, 2.75) is 5.79 Å². The molecule has 1 spiro atoms. The third-order valence-corrected chi connectivity index (χ3v) is 3.79. The monoisotopic (exact) mass is 295 g/mol. The number of hydrogen-bond acceptors (Lipinski definition) is 5. The molecule has 0 amide bonds. The summed E-state index contributed by atoms with van der Waals surface area (Å²) in [6.07, 6.45) is 1.77. The van der Waals surface area contributed by atoms with E-state index in [1.54, 1.807) is 25.3 Å². The van der Waals surface area contributed by atoms with Crippen molar-refractivity contribution in [3.8, 4) is 5.75 Å². The highest BCUT2D eigenvalue weighted by atomic mass is 16.8.